The maximum absolute atomic E-state index is 11.5. The van der Waals surface area contributed by atoms with Crippen molar-refractivity contribution < 1.29 is 4.79 Å². The van der Waals surface area contributed by atoms with E-state index >= 15 is 0 Å². The predicted octanol–water partition coefficient (Wildman–Crippen LogP) is 1.28. The summed E-state index contributed by atoms with van der Waals surface area (Å²) in [5.41, 5.74) is -1.12. The minimum atomic E-state index is -1.12. The number of hydrogen-bond donors (Lipinski definition) is 0. The molecule has 1 fully saturated rings. The molecule has 0 amide bonds. The highest BCUT2D eigenvalue weighted by atomic mass is 16.1. The molecule has 1 saturated heterocycles. The first-order valence-electron chi connectivity index (χ1n) is 6.06. The molecule has 1 unspecified atom stereocenters. The molecule has 0 saturated carbocycles. The van der Waals surface area contributed by atoms with Gasteiger partial charge in [-0.25, -0.2) is 0 Å². The summed E-state index contributed by atoms with van der Waals surface area (Å²) in [5, 5.41) is 9.46. The van der Waals surface area contributed by atoms with E-state index in [-0.39, 0.29) is 0 Å². The number of nitriles is 1. The summed E-state index contributed by atoms with van der Waals surface area (Å²) in [6.07, 6.45) is 11.7. The van der Waals surface area contributed by atoms with E-state index in [9.17, 15) is 10.1 Å². The summed E-state index contributed by atoms with van der Waals surface area (Å²) in [5.74, 6) is 0. The van der Waals surface area contributed by atoms with Crippen LogP contribution in [0.5, 0.6) is 0 Å². The van der Waals surface area contributed by atoms with E-state index in [4.69, 9.17) is 0 Å². The SMILES string of the molecule is N#CC(C=O)(N1C=CC=CC1)N1CCCCC1. The molecular formula is C13H17N3O. The zero-order chi connectivity index (χ0) is 12.1. The molecule has 4 nitrogen and oxygen atoms in total. The Balaban J connectivity index is 2.24. The van der Waals surface area contributed by atoms with E-state index in [1.807, 2.05) is 34.2 Å². The minimum absolute atomic E-state index is 0.610. The topological polar surface area (TPSA) is 47.3 Å². The standard InChI is InChI=1S/C13H17N3O/c14-11-13(12-17,15-7-3-1-4-8-15)16-9-5-2-6-10-16/h1,3-4,7,12H,2,5-6,8-10H2. The van der Waals surface area contributed by atoms with Crippen LogP contribution in [0.25, 0.3) is 0 Å². The van der Waals surface area contributed by atoms with Crippen LogP contribution in [-0.2, 0) is 4.79 Å². The van der Waals surface area contributed by atoms with Gasteiger partial charge in [0.15, 0.2) is 6.29 Å². The van der Waals surface area contributed by atoms with Gasteiger partial charge in [0.25, 0.3) is 0 Å². The summed E-state index contributed by atoms with van der Waals surface area (Å²) in [7, 11) is 0. The Morgan fingerprint density at radius 1 is 1.24 bits per heavy atom. The lowest BCUT2D eigenvalue weighted by molar-refractivity contribution is -0.124. The lowest BCUT2D eigenvalue weighted by atomic mass is 10.0. The zero-order valence-electron chi connectivity index (χ0n) is 9.88. The molecule has 0 aromatic rings. The molecule has 2 aliphatic rings. The number of likely N-dealkylation sites (tertiary alicyclic amines) is 1. The van der Waals surface area contributed by atoms with Gasteiger partial charge in [-0.2, -0.15) is 5.26 Å². The van der Waals surface area contributed by atoms with Crippen LogP contribution in [0.4, 0.5) is 0 Å². The molecule has 0 aliphatic carbocycles. The second-order valence-corrected chi connectivity index (χ2v) is 4.43. The van der Waals surface area contributed by atoms with Crippen molar-refractivity contribution >= 4 is 6.29 Å². The van der Waals surface area contributed by atoms with Crippen LogP contribution in [-0.4, -0.2) is 41.4 Å². The van der Waals surface area contributed by atoms with Crippen LogP contribution < -0.4 is 0 Å². The van der Waals surface area contributed by atoms with Crippen molar-refractivity contribution in [3.05, 3.63) is 24.4 Å². The highest BCUT2D eigenvalue weighted by molar-refractivity contribution is 5.69. The van der Waals surface area contributed by atoms with E-state index in [1.165, 1.54) is 6.42 Å². The lowest BCUT2D eigenvalue weighted by Gasteiger charge is -2.43. The summed E-state index contributed by atoms with van der Waals surface area (Å²) in [4.78, 5) is 15.3. The number of carbonyl (C=O) groups excluding carboxylic acids is 1. The fourth-order valence-corrected chi connectivity index (χ4v) is 2.44. The lowest BCUT2D eigenvalue weighted by Crippen LogP contribution is -2.61. The van der Waals surface area contributed by atoms with E-state index < -0.39 is 5.66 Å². The Hall–Kier alpha value is -1.60. The fraction of sp³-hybridized carbons (Fsp3) is 0.538. The Kier molecular flexibility index (Phi) is 3.60. The number of aldehydes is 1. The second kappa shape index (κ2) is 5.15. The third-order valence-corrected chi connectivity index (χ3v) is 3.42. The summed E-state index contributed by atoms with van der Waals surface area (Å²) >= 11 is 0. The maximum Gasteiger partial charge on any atom is 0.240 e. The molecule has 0 radical (unpaired) electrons. The van der Waals surface area contributed by atoms with Gasteiger partial charge in [0.2, 0.25) is 5.66 Å². The highest BCUT2D eigenvalue weighted by Gasteiger charge is 2.42. The molecule has 2 rings (SSSR count). The van der Waals surface area contributed by atoms with Crippen LogP contribution in [0.3, 0.4) is 0 Å². The molecule has 0 N–H and O–H groups in total. The first-order chi connectivity index (χ1) is 8.33. The van der Waals surface area contributed by atoms with Crippen molar-refractivity contribution in [1.82, 2.24) is 9.80 Å². The van der Waals surface area contributed by atoms with Crippen LogP contribution in [0.1, 0.15) is 19.3 Å². The van der Waals surface area contributed by atoms with Crippen molar-refractivity contribution in [2.75, 3.05) is 19.6 Å². The van der Waals surface area contributed by atoms with Gasteiger partial charge < -0.3 is 4.90 Å². The number of rotatable bonds is 3. The van der Waals surface area contributed by atoms with Crippen molar-refractivity contribution in [2.24, 2.45) is 0 Å². The van der Waals surface area contributed by atoms with Crippen LogP contribution >= 0.6 is 0 Å². The molecule has 17 heavy (non-hydrogen) atoms. The molecule has 90 valence electrons. The fourth-order valence-electron chi connectivity index (χ4n) is 2.44. The first kappa shape index (κ1) is 11.9. The normalized spacial score (nSPS) is 24.1. The molecule has 0 spiro atoms. The molecular weight excluding hydrogens is 214 g/mol. The van der Waals surface area contributed by atoms with Gasteiger partial charge in [-0.1, -0.05) is 18.6 Å². The Morgan fingerprint density at radius 3 is 2.53 bits per heavy atom. The van der Waals surface area contributed by atoms with Crippen LogP contribution in [0, 0.1) is 11.3 Å². The van der Waals surface area contributed by atoms with Gasteiger partial charge >= 0.3 is 0 Å². The highest BCUT2D eigenvalue weighted by Crippen LogP contribution is 2.24. The quantitative estimate of drug-likeness (QED) is 0.686. The Labute approximate surface area is 102 Å². The van der Waals surface area contributed by atoms with Gasteiger partial charge in [-0.15, -0.1) is 0 Å². The smallest absolute Gasteiger partial charge is 0.240 e. The minimum Gasteiger partial charge on any atom is -0.338 e. The van der Waals surface area contributed by atoms with Gasteiger partial charge in [-0.05, 0) is 18.9 Å². The van der Waals surface area contributed by atoms with Gasteiger partial charge in [0.05, 0.1) is 0 Å². The van der Waals surface area contributed by atoms with Crippen LogP contribution in [0.2, 0.25) is 0 Å². The second-order valence-electron chi connectivity index (χ2n) is 4.43. The van der Waals surface area contributed by atoms with E-state index in [1.54, 1.807) is 0 Å². The maximum atomic E-state index is 11.5. The van der Waals surface area contributed by atoms with Crippen molar-refractivity contribution in [2.45, 2.75) is 24.9 Å². The first-order valence-corrected chi connectivity index (χ1v) is 6.06. The summed E-state index contributed by atoms with van der Waals surface area (Å²) in [6.45, 7) is 2.25. The van der Waals surface area contributed by atoms with E-state index in [2.05, 4.69) is 6.07 Å². The van der Waals surface area contributed by atoms with E-state index in [0.717, 1.165) is 32.2 Å². The molecule has 0 bridgehead atoms. The summed E-state index contributed by atoms with van der Waals surface area (Å²) < 4.78 is 0. The molecule has 1 atom stereocenters. The predicted molar refractivity (Wildman–Crippen MR) is 64.8 cm³/mol. The number of nitrogens with zero attached hydrogens (tertiary/aromatic N) is 3. The third kappa shape index (κ3) is 2.11. The van der Waals surface area contributed by atoms with Gasteiger partial charge in [0, 0.05) is 25.8 Å². The Bertz CT molecular complexity index is 377. The molecule has 0 aromatic heterocycles. The molecule has 4 heteroatoms. The van der Waals surface area contributed by atoms with Crippen LogP contribution in [0.15, 0.2) is 24.4 Å². The third-order valence-electron chi connectivity index (χ3n) is 3.42. The van der Waals surface area contributed by atoms with Gasteiger partial charge in [0.1, 0.15) is 6.07 Å². The van der Waals surface area contributed by atoms with Gasteiger partial charge in [-0.3, -0.25) is 9.69 Å². The summed E-state index contributed by atoms with van der Waals surface area (Å²) in [6, 6.07) is 2.20. The largest absolute Gasteiger partial charge is 0.338 e. The number of allylic oxidation sites excluding steroid dienone is 2. The molecule has 2 aliphatic heterocycles. The number of carbonyl (C=O) groups is 1. The average molecular weight is 231 g/mol. The Morgan fingerprint density at radius 2 is 2.00 bits per heavy atom. The zero-order valence-corrected chi connectivity index (χ0v) is 9.88. The average Bonchev–Trinajstić information content (AvgIpc) is 2.43. The monoisotopic (exact) mass is 231 g/mol. The number of piperidine rings is 1. The van der Waals surface area contributed by atoms with Crippen molar-refractivity contribution in [3.63, 3.8) is 0 Å². The van der Waals surface area contributed by atoms with Crippen molar-refractivity contribution in [1.29, 1.82) is 5.26 Å². The molecule has 0 aromatic carbocycles. The van der Waals surface area contributed by atoms with E-state index in [0.29, 0.717) is 6.54 Å². The number of hydrogen-bond acceptors (Lipinski definition) is 4. The van der Waals surface area contributed by atoms with Crippen molar-refractivity contribution in [3.8, 4) is 6.07 Å². The molecule has 2 heterocycles.